The van der Waals surface area contributed by atoms with Crippen molar-refractivity contribution in [2.24, 2.45) is 0 Å². The van der Waals surface area contributed by atoms with E-state index in [1.54, 1.807) is 35.6 Å². The molecule has 0 saturated carbocycles. The lowest BCUT2D eigenvalue weighted by molar-refractivity contribution is 0.0988. The van der Waals surface area contributed by atoms with Gasteiger partial charge in [-0.05, 0) is 80.0 Å². The Balaban J connectivity index is 1.57. The highest BCUT2D eigenvalue weighted by atomic mass is 32.1. The molecule has 3 aromatic rings. The number of carbonyl (C=O) groups excluding carboxylic acids is 2. The van der Waals surface area contributed by atoms with Crippen LogP contribution in [0, 0.1) is 0 Å². The standard InChI is InChI=1S/C28H34N2O2S/c1-3-5-6-14-30-15-12-19(13-16-30)26-23-18-22(10-11-25(23)33-28(26)29)27(32)21-9-7-8-20(17-21)24(31)4-2/h7-11,17-19H,3-6,12-16,29H2,1-2H3. The number of fused-ring (bicyclic) bond motifs is 1. The molecule has 2 heterocycles. The van der Waals surface area contributed by atoms with Crippen LogP contribution in [0.4, 0.5) is 5.00 Å². The van der Waals surface area contributed by atoms with Crippen LogP contribution in [0.15, 0.2) is 42.5 Å². The van der Waals surface area contributed by atoms with Crippen LogP contribution in [0.5, 0.6) is 0 Å². The van der Waals surface area contributed by atoms with Crippen LogP contribution >= 0.6 is 11.3 Å². The topological polar surface area (TPSA) is 63.4 Å². The number of benzene rings is 2. The van der Waals surface area contributed by atoms with E-state index in [0.717, 1.165) is 41.0 Å². The molecule has 0 spiro atoms. The zero-order chi connectivity index (χ0) is 23.4. The van der Waals surface area contributed by atoms with Crippen molar-refractivity contribution in [1.29, 1.82) is 0 Å². The summed E-state index contributed by atoms with van der Waals surface area (Å²) in [5.41, 5.74) is 9.53. The van der Waals surface area contributed by atoms with E-state index in [0.29, 0.717) is 29.0 Å². The molecule has 1 aliphatic heterocycles. The van der Waals surface area contributed by atoms with E-state index in [1.165, 1.54) is 31.4 Å². The van der Waals surface area contributed by atoms with Gasteiger partial charge in [0.1, 0.15) is 0 Å². The quantitative estimate of drug-likeness (QED) is 0.285. The van der Waals surface area contributed by atoms with Crippen molar-refractivity contribution in [2.75, 3.05) is 25.4 Å². The number of nitrogens with zero attached hydrogens (tertiary/aromatic N) is 1. The number of piperidine rings is 1. The highest BCUT2D eigenvalue weighted by molar-refractivity contribution is 7.22. The first-order valence-electron chi connectivity index (χ1n) is 12.2. The Morgan fingerprint density at radius 2 is 1.73 bits per heavy atom. The summed E-state index contributed by atoms with van der Waals surface area (Å²) in [5.74, 6) is 0.440. The summed E-state index contributed by atoms with van der Waals surface area (Å²) < 4.78 is 1.14. The van der Waals surface area contributed by atoms with Crippen LogP contribution in [0.25, 0.3) is 10.1 Å². The first-order valence-corrected chi connectivity index (χ1v) is 13.1. The van der Waals surface area contributed by atoms with Crippen LogP contribution in [-0.4, -0.2) is 36.1 Å². The minimum Gasteiger partial charge on any atom is -0.390 e. The molecular formula is C28H34N2O2S. The zero-order valence-corrected chi connectivity index (χ0v) is 20.5. The summed E-state index contributed by atoms with van der Waals surface area (Å²) in [6.07, 6.45) is 6.49. The summed E-state index contributed by atoms with van der Waals surface area (Å²) in [4.78, 5) is 27.9. The normalized spacial score (nSPS) is 15.2. The molecule has 4 rings (SSSR count). The number of anilines is 1. The SMILES string of the molecule is CCCCCN1CCC(c2c(N)sc3ccc(C(=O)c4cccc(C(=O)CC)c4)cc23)CC1. The van der Waals surface area contributed by atoms with E-state index in [2.05, 4.69) is 11.8 Å². The third-order valence-electron chi connectivity index (χ3n) is 6.86. The number of thiophene rings is 1. The van der Waals surface area contributed by atoms with Crippen molar-refractivity contribution in [3.8, 4) is 0 Å². The first kappa shape index (κ1) is 23.7. The molecule has 174 valence electrons. The molecule has 1 fully saturated rings. The number of likely N-dealkylation sites (tertiary alicyclic amines) is 1. The van der Waals surface area contributed by atoms with Gasteiger partial charge in [0.15, 0.2) is 11.6 Å². The highest BCUT2D eigenvalue weighted by Crippen LogP contribution is 2.42. The third-order valence-corrected chi connectivity index (χ3v) is 7.87. The maximum absolute atomic E-state index is 13.3. The number of hydrogen-bond donors (Lipinski definition) is 1. The minimum absolute atomic E-state index is 0.0500. The maximum atomic E-state index is 13.3. The van der Waals surface area contributed by atoms with E-state index in [1.807, 2.05) is 25.1 Å². The summed E-state index contributed by atoms with van der Waals surface area (Å²) in [6.45, 7) is 7.50. The number of hydrogen-bond acceptors (Lipinski definition) is 5. The van der Waals surface area contributed by atoms with Crippen molar-refractivity contribution in [3.63, 3.8) is 0 Å². The second-order valence-corrected chi connectivity index (χ2v) is 10.2. The molecule has 2 aromatic carbocycles. The van der Waals surface area contributed by atoms with Gasteiger partial charge in [-0.25, -0.2) is 0 Å². The predicted molar refractivity (Wildman–Crippen MR) is 139 cm³/mol. The fraction of sp³-hybridized carbons (Fsp3) is 0.429. The van der Waals surface area contributed by atoms with Gasteiger partial charge in [-0.2, -0.15) is 0 Å². The monoisotopic (exact) mass is 462 g/mol. The van der Waals surface area contributed by atoms with Gasteiger partial charge in [-0.3, -0.25) is 9.59 Å². The Morgan fingerprint density at radius 1 is 1.00 bits per heavy atom. The maximum Gasteiger partial charge on any atom is 0.193 e. The number of nitrogens with two attached hydrogens (primary N) is 1. The lowest BCUT2D eigenvalue weighted by atomic mass is 9.87. The van der Waals surface area contributed by atoms with E-state index >= 15 is 0 Å². The lowest BCUT2D eigenvalue weighted by Gasteiger charge is -2.32. The van der Waals surface area contributed by atoms with Crippen LogP contribution < -0.4 is 5.73 Å². The molecule has 0 amide bonds. The molecule has 2 N–H and O–H groups in total. The van der Waals surface area contributed by atoms with Gasteiger partial charge in [-0.15, -0.1) is 11.3 Å². The number of carbonyl (C=O) groups is 2. The van der Waals surface area contributed by atoms with Crippen LogP contribution in [-0.2, 0) is 0 Å². The number of ketones is 2. The molecule has 1 aliphatic rings. The third kappa shape index (κ3) is 5.20. The summed E-state index contributed by atoms with van der Waals surface area (Å²) in [7, 11) is 0. The van der Waals surface area contributed by atoms with Crippen molar-refractivity contribution in [3.05, 3.63) is 64.7 Å². The lowest BCUT2D eigenvalue weighted by Crippen LogP contribution is -2.33. The van der Waals surface area contributed by atoms with Crippen molar-refractivity contribution >= 4 is 38.0 Å². The average molecular weight is 463 g/mol. The van der Waals surface area contributed by atoms with Crippen molar-refractivity contribution < 1.29 is 9.59 Å². The van der Waals surface area contributed by atoms with Crippen molar-refractivity contribution in [2.45, 2.75) is 58.3 Å². The smallest absolute Gasteiger partial charge is 0.193 e. The first-order chi connectivity index (χ1) is 16.0. The number of nitrogen functional groups attached to an aromatic ring is 1. The van der Waals surface area contributed by atoms with Gasteiger partial charge in [-0.1, -0.05) is 44.9 Å². The van der Waals surface area contributed by atoms with Crippen LogP contribution in [0.3, 0.4) is 0 Å². The Morgan fingerprint density at radius 3 is 2.45 bits per heavy atom. The molecule has 0 radical (unpaired) electrons. The van der Waals surface area contributed by atoms with E-state index in [9.17, 15) is 9.59 Å². The average Bonchev–Trinajstić information content (AvgIpc) is 3.18. The molecule has 5 heteroatoms. The zero-order valence-electron chi connectivity index (χ0n) is 19.7. The molecule has 4 nitrogen and oxygen atoms in total. The van der Waals surface area contributed by atoms with E-state index < -0.39 is 0 Å². The molecule has 0 aliphatic carbocycles. The Kier molecular flexibility index (Phi) is 7.61. The largest absolute Gasteiger partial charge is 0.390 e. The number of unbranched alkanes of at least 4 members (excludes halogenated alkanes) is 2. The Hall–Kier alpha value is -2.50. The minimum atomic E-state index is -0.0517. The second-order valence-electron chi connectivity index (χ2n) is 9.10. The van der Waals surface area contributed by atoms with Gasteiger partial charge < -0.3 is 10.6 Å². The predicted octanol–water partition coefficient (Wildman–Crippen LogP) is 6.68. The summed E-state index contributed by atoms with van der Waals surface area (Å²) in [5, 5.41) is 2.00. The van der Waals surface area contributed by atoms with Gasteiger partial charge >= 0.3 is 0 Å². The van der Waals surface area contributed by atoms with Crippen molar-refractivity contribution in [1.82, 2.24) is 4.90 Å². The summed E-state index contributed by atoms with van der Waals surface area (Å²) >= 11 is 1.62. The molecule has 0 unspecified atom stereocenters. The second kappa shape index (κ2) is 10.6. The number of Topliss-reactive ketones (excluding diaryl/α,β-unsaturated/α-hetero) is 1. The molecule has 0 bridgehead atoms. The highest BCUT2D eigenvalue weighted by Gasteiger charge is 2.25. The molecule has 1 aromatic heterocycles. The molecule has 0 atom stereocenters. The Bertz CT molecular complexity index is 1140. The van der Waals surface area contributed by atoms with Crippen LogP contribution in [0.1, 0.15) is 90.1 Å². The summed E-state index contributed by atoms with van der Waals surface area (Å²) in [6, 6.07) is 13.0. The number of rotatable bonds is 9. The molecular weight excluding hydrogens is 428 g/mol. The van der Waals surface area contributed by atoms with E-state index in [-0.39, 0.29) is 11.6 Å². The van der Waals surface area contributed by atoms with Gasteiger partial charge in [0.2, 0.25) is 0 Å². The fourth-order valence-electron chi connectivity index (χ4n) is 4.93. The Labute approximate surface area is 200 Å². The van der Waals surface area contributed by atoms with Gasteiger partial charge in [0.05, 0.1) is 5.00 Å². The van der Waals surface area contributed by atoms with Gasteiger partial charge in [0.25, 0.3) is 0 Å². The molecule has 1 saturated heterocycles. The fourth-order valence-corrected chi connectivity index (χ4v) is 5.97. The van der Waals surface area contributed by atoms with E-state index in [4.69, 9.17) is 5.73 Å². The van der Waals surface area contributed by atoms with Crippen LogP contribution in [0.2, 0.25) is 0 Å². The molecule has 33 heavy (non-hydrogen) atoms. The van der Waals surface area contributed by atoms with Gasteiger partial charge in [0, 0.05) is 27.8 Å².